The minimum Gasteiger partial charge on any atom is -0.393 e. The number of hydrogen-bond acceptors (Lipinski definition) is 2. The van der Waals surface area contributed by atoms with Gasteiger partial charge >= 0.3 is 0 Å². The molecule has 2 heteroatoms. The Morgan fingerprint density at radius 2 is 1.67 bits per heavy atom. The first kappa shape index (κ1) is 14.5. The van der Waals surface area contributed by atoms with Gasteiger partial charge in [-0.15, -0.1) is 0 Å². The summed E-state index contributed by atoms with van der Waals surface area (Å²) in [6.07, 6.45) is 11.3. The van der Waals surface area contributed by atoms with Crippen molar-refractivity contribution < 1.29 is 10.2 Å². The van der Waals surface area contributed by atoms with Crippen molar-refractivity contribution in [1.29, 1.82) is 0 Å². The van der Waals surface area contributed by atoms with Gasteiger partial charge in [-0.2, -0.15) is 0 Å². The van der Waals surface area contributed by atoms with Crippen molar-refractivity contribution in [3.8, 4) is 0 Å². The molecule has 4 saturated carbocycles. The van der Waals surface area contributed by atoms with Crippen LogP contribution in [-0.2, 0) is 0 Å². The SMILES string of the molecule is C[C@@]12CCC[C@H]1[C@@H]1CC[C@@]3(O)C[C@H](O)CC[C@]3(C)[C@H]1CC2. The lowest BCUT2D eigenvalue weighted by Crippen LogP contribution is -2.62. The quantitative estimate of drug-likeness (QED) is 0.711. The normalized spacial score (nSPS) is 60.0. The van der Waals surface area contributed by atoms with Crippen LogP contribution >= 0.6 is 0 Å². The Bertz CT molecular complexity index is 435. The molecule has 2 N–H and O–H groups in total. The highest BCUT2D eigenvalue weighted by Gasteiger charge is 2.62. The molecule has 4 aliphatic rings. The van der Waals surface area contributed by atoms with Gasteiger partial charge in [-0.1, -0.05) is 20.3 Å². The van der Waals surface area contributed by atoms with E-state index in [1.807, 2.05) is 0 Å². The predicted octanol–water partition coefficient (Wildman–Crippen LogP) is 3.90. The number of aliphatic hydroxyl groups excluding tert-OH is 1. The molecule has 4 rings (SSSR count). The first-order valence-corrected chi connectivity index (χ1v) is 9.28. The van der Waals surface area contributed by atoms with E-state index in [9.17, 15) is 10.2 Å². The molecule has 7 atom stereocenters. The molecule has 0 spiro atoms. The summed E-state index contributed by atoms with van der Waals surface area (Å²) in [5.74, 6) is 2.44. The van der Waals surface area contributed by atoms with Gasteiger partial charge in [0.2, 0.25) is 0 Å². The van der Waals surface area contributed by atoms with Crippen molar-refractivity contribution in [3.63, 3.8) is 0 Å². The summed E-state index contributed by atoms with van der Waals surface area (Å²) in [5, 5.41) is 21.4. The third-order valence-corrected chi connectivity index (χ3v) is 8.56. The van der Waals surface area contributed by atoms with Gasteiger partial charge in [0, 0.05) is 6.42 Å². The molecule has 0 bridgehead atoms. The zero-order valence-electron chi connectivity index (χ0n) is 13.8. The fourth-order valence-electron chi connectivity index (χ4n) is 7.22. The molecule has 21 heavy (non-hydrogen) atoms. The largest absolute Gasteiger partial charge is 0.393 e. The molecule has 4 fully saturated rings. The van der Waals surface area contributed by atoms with E-state index in [4.69, 9.17) is 0 Å². The maximum atomic E-state index is 11.3. The van der Waals surface area contributed by atoms with Gasteiger partial charge in [0.25, 0.3) is 0 Å². The van der Waals surface area contributed by atoms with Crippen molar-refractivity contribution in [1.82, 2.24) is 0 Å². The minimum atomic E-state index is -0.599. The summed E-state index contributed by atoms with van der Waals surface area (Å²) in [6.45, 7) is 4.89. The highest BCUT2D eigenvalue weighted by Crippen LogP contribution is 2.67. The van der Waals surface area contributed by atoms with E-state index < -0.39 is 5.60 Å². The third kappa shape index (κ3) is 1.84. The number of hydrogen-bond donors (Lipinski definition) is 2. The fraction of sp³-hybridized carbons (Fsp3) is 1.00. The van der Waals surface area contributed by atoms with Crippen molar-refractivity contribution in [2.24, 2.45) is 28.6 Å². The smallest absolute Gasteiger partial charge is 0.0728 e. The van der Waals surface area contributed by atoms with E-state index in [1.165, 1.54) is 38.5 Å². The third-order valence-electron chi connectivity index (χ3n) is 8.56. The van der Waals surface area contributed by atoms with Crippen molar-refractivity contribution >= 4 is 0 Å². The van der Waals surface area contributed by atoms with Crippen molar-refractivity contribution in [2.45, 2.75) is 89.8 Å². The standard InChI is InChI=1S/C19H32O2/c1-17-8-3-4-15(17)14-6-11-19(21)12-13(20)5-10-18(19,2)16(14)7-9-17/h13-16,20-21H,3-12H2,1-2H3/t13-,14+,15+,16+,17+,18-,19-/m1/s1. The zero-order valence-corrected chi connectivity index (χ0v) is 13.8. The number of aliphatic hydroxyl groups is 2. The van der Waals surface area contributed by atoms with Crippen molar-refractivity contribution in [2.75, 3.05) is 0 Å². The van der Waals surface area contributed by atoms with Crippen LogP contribution in [0.3, 0.4) is 0 Å². The molecule has 2 nitrogen and oxygen atoms in total. The van der Waals surface area contributed by atoms with Crippen LogP contribution in [0.4, 0.5) is 0 Å². The number of fused-ring (bicyclic) bond motifs is 5. The Hall–Kier alpha value is -0.0800. The topological polar surface area (TPSA) is 40.5 Å². The molecule has 0 aliphatic heterocycles. The van der Waals surface area contributed by atoms with Crippen molar-refractivity contribution in [3.05, 3.63) is 0 Å². The average Bonchev–Trinajstić information content (AvgIpc) is 2.82. The molecule has 120 valence electrons. The van der Waals surface area contributed by atoms with Crippen LogP contribution in [0.1, 0.15) is 78.1 Å². The van der Waals surface area contributed by atoms with Crippen LogP contribution in [0, 0.1) is 28.6 Å². The van der Waals surface area contributed by atoms with Gasteiger partial charge in [0.1, 0.15) is 0 Å². The Morgan fingerprint density at radius 3 is 2.48 bits per heavy atom. The van der Waals surface area contributed by atoms with E-state index >= 15 is 0 Å². The maximum Gasteiger partial charge on any atom is 0.0728 e. The van der Waals surface area contributed by atoms with Crippen LogP contribution in [0.15, 0.2) is 0 Å². The monoisotopic (exact) mass is 292 g/mol. The molecule has 0 aromatic rings. The summed E-state index contributed by atoms with van der Waals surface area (Å²) in [7, 11) is 0. The number of rotatable bonds is 0. The van der Waals surface area contributed by atoms with E-state index in [1.54, 1.807) is 0 Å². The minimum absolute atomic E-state index is 0.0546. The average molecular weight is 292 g/mol. The zero-order chi connectivity index (χ0) is 14.9. The molecule has 0 unspecified atom stereocenters. The molecular formula is C19H32O2. The highest BCUT2D eigenvalue weighted by atomic mass is 16.3. The molecule has 0 aromatic heterocycles. The second kappa shape index (κ2) is 4.47. The molecular weight excluding hydrogens is 260 g/mol. The lowest BCUT2D eigenvalue weighted by Gasteiger charge is -2.63. The van der Waals surface area contributed by atoms with Crippen LogP contribution in [0.5, 0.6) is 0 Å². The fourth-order valence-corrected chi connectivity index (χ4v) is 7.22. The summed E-state index contributed by atoms with van der Waals surface area (Å²) >= 11 is 0. The van der Waals surface area contributed by atoms with Gasteiger partial charge in [-0.25, -0.2) is 0 Å². The van der Waals surface area contributed by atoms with Crippen LogP contribution < -0.4 is 0 Å². The first-order valence-electron chi connectivity index (χ1n) is 9.28. The summed E-state index contributed by atoms with van der Waals surface area (Å²) in [5.41, 5.74) is 0.0540. The van der Waals surface area contributed by atoms with E-state index in [0.717, 1.165) is 31.1 Å². The summed E-state index contributed by atoms with van der Waals surface area (Å²) in [6, 6.07) is 0. The van der Waals surface area contributed by atoms with E-state index in [-0.39, 0.29) is 11.5 Å². The predicted molar refractivity (Wildman–Crippen MR) is 83.8 cm³/mol. The molecule has 0 amide bonds. The molecule has 0 heterocycles. The Balaban J connectivity index is 1.67. The second-order valence-electron chi connectivity index (χ2n) is 9.35. The molecule has 0 saturated heterocycles. The van der Waals surface area contributed by atoms with Gasteiger partial charge in [0.15, 0.2) is 0 Å². The second-order valence-corrected chi connectivity index (χ2v) is 9.35. The van der Waals surface area contributed by atoms with Gasteiger partial charge in [0.05, 0.1) is 11.7 Å². The van der Waals surface area contributed by atoms with Gasteiger partial charge in [-0.05, 0) is 80.0 Å². The van der Waals surface area contributed by atoms with E-state index in [2.05, 4.69) is 13.8 Å². The molecule has 0 aromatic carbocycles. The Labute approximate surface area is 129 Å². The maximum absolute atomic E-state index is 11.3. The van der Waals surface area contributed by atoms with Crippen LogP contribution in [-0.4, -0.2) is 21.9 Å². The van der Waals surface area contributed by atoms with Crippen LogP contribution in [0.2, 0.25) is 0 Å². The Kier molecular flexibility index (Phi) is 3.09. The lowest BCUT2D eigenvalue weighted by atomic mass is 9.43. The first-order chi connectivity index (χ1) is 9.88. The molecule has 4 aliphatic carbocycles. The van der Waals surface area contributed by atoms with Gasteiger partial charge in [-0.3, -0.25) is 0 Å². The summed E-state index contributed by atoms with van der Waals surface area (Å²) in [4.78, 5) is 0. The summed E-state index contributed by atoms with van der Waals surface area (Å²) < 4.78 is 0. The van der Waals surface area contributed by atoms with Gasteiger partial charge < -0.3 is 10.2 Å². The lowest BCUT2D eigenvalue weighted by molar-refractivity contribution is -0.217. The van der Waals surface area contributed by atoms with Crippen LogP contribution in [0.25, 0.3) is 0 Å². The highest BCUT2D eigenvalue weighted by molar-refractivity contribution is 5.13. The van der Waals surface area contributed by atoms with E-state index in [0.29, 0.717) is 17.8 Å². The Morgan fingerprint density at radius 1 is 0.857 bits per heavy atom. The molecule has 0 radical (unpaired) electrons.